The van der Waals surface area contributed by atoms with Gasteiger partial charge < -0.3 is 14.8 Å². The molecule has 3 aromatic carbocycles. The van der Waals surface area contributed by atoms with Crippen molar-refractivity contribution in [2.24, 2.45) is 10.2 Å². The van der Waals surface area contributed by atoms with Crippen molar-refractivity contribution in [1.29, 1.82) is 0 Å². The summed E-state index contributed by atoms with van der Waals surface area (Å²) in [6.45, 7) is -0.133. The Labute approximate surface area is 174 Å². The Balaban J connectivity index is 1.46. The number of nitrogens with zero attached hydrogens (tertiary/aromatic N) is 2. The minimum atomic E-state index is -0.310. The van der Waals surface area contributed by atoms with Crippen LogP contribution in [0.25, 0.3) is 0 Å². The van der Waals surface area contributed by atoms with Crippen LogP contribution in [0.3, 0.4) is 0 Å². The second-order valence-electron chi connectivity index (χ2n) is 6.32. The summed E-state index contributed by atoms with van der Waals surface area (Å²) in [5.74, 6) is -0.0571. The van der Waals surface area contributed by atoms with Crippen LogP contribution in [0.4, 0.5) is 17.1 Å². The molecule has 1 N–H and O–H groups in total. The molecule has 0 aromatic heterocycles. The second kappa shape index (κ2) is 10.5. The lowest BCUT2D eigenvalue weighted by molar-refractivity contribution is -0.139. The van der Waals surface area contributed by atoms with Crippen LogP contribution < -0.4 is 10.1 Å². The van der Waals surface area contributed by atoms with Gasteiger partial charge in [-0.2, -0.15) is 10.2 Å². The van der Waals surface area contributed by atoms with Gasteiger partial charge in [-0.25, -0.2) is 0 Å². The molecule has 7 heteroatoms. The number of methoxy groups -OCH3 is 1. The van der Waals surface area contributed by atoms with Crippen LogP contribution in [0.5, 0.6) is 5.75 Å². The fourth-order valence-corrected chi connectivity index (χ4v) is 2.51. The first-order chi connectivity index (χ1) is 14.6. The zero-order valence-corrected chi connectivity index (χ0v) is 16.4. The quantitative estimate of drug-likeness (QED) is 0.431. The summed E-state index contributed by atoms with van der Waals surface area (Å²) >= 11 is 0. The maximum absolute atomic E-state index is 12.1. The summed E-state index contributed by atoms with van der Waals surface area (Å²) in [5.41, 5.74) is 2.89. The van der Waals surface area contributed by atoms with Crippen LogP contribution in [-0.2, 0) is 20.7 Å². The van der Waals surface area contributed by atoms with Gasteiger partial charge in [0.2, 0.25) is 0 Å². The topological polar surface area (TPSA) is 89.3 Å². The van der Waals surface area contributed by atoms with E-state index in [1.54, 1.807) is 48.5 Å². The average molecular weight is 403 g/mol. The van der Waals surface area contributed by atoms with Crippen molar-refractivity contribution in [3.05, 3.63) is 84.4 Å². The van der Waals surface area contributed by atoms with E-state index in [-0.39, 0.29) is 24.9 Å². The van der Waals surface area contributed by atoms with Gasteiger partial charge in [-0.3, -0.25) is 9.59 Å². The molecule has 152 valence electrons. The predicted molar refractivity (Wildman–Crippen MR) is 113 cm³/mol. The smallest absolute Gasteiger partial charge is 0.309 e. The van der Waals surface area contributed by atoms with E-state index in [4.69, 9.17) is 4.74 Å². The van der Waals surface area contributed by atoms with Crippen molar-refractivity contribution in [1.82, 2.24) is 0 Å². The summed E-state index contributed by atoms with van der Waals surface area (Å²) in [6.07, 6.45) is 0.193. The van der Waals surface area contributed by atoms with Gasteiger partial charge in [-0.1, -0.05) is 30.3 Å². The molecule has 0 heterocycles. The van der Waals surface area contributed by atoms with E-state index >= 15 is 0 Å². The van der Waals surface area contributed by atoms with Crippen LogP contribution in [0.15, 0.2) is 89.1 Å². The molecular weight excluding hydrogens is 382 g/mol. The van der Waals surface area contributed by atoms with E-state index in [1.165, 1.54) is 7.11 Å². The average Bonchev–Trinajstić information content (AvgIpc) is 2.79. The third-order valence-electron chi connectivity index (χ3n) is 4.06. The first kappa shape index (κ1) is 20.7. The fraction of sp³-hybridized carbons (Fsp3) is 0.130. The lowest BCUT2D eigenvalue weighted by atomic mass is 10.1. The van der Waals surface area contributed by atoms with Crippen LogP contribution in [-0.4, -0.2) is 25.6 Å². The molecule has 7 nitrogen and oxygen atoms in total. The van der Waals surface area contributed by atoms with Gasteiger partial charge in [0.25, 0.3) is 5.91 Å². The molecule has 0 bridgehead atoms. The van der Waals surface area contributed by atoms with Gasteiger partial charge >= 0.3 is 5.97 Å². The van der Waals surface area contributed by atoms with Crippen LogP contribution in [0.1, 0.15) is 5.56 Å². The van der Waals surface area contributed by atoms with Crippen LogP contribution in [0, 0.1) is 0 Å². The van der Waals surface area contributed by atoms with Gasteiger partial charge in [0.1, 0.15) is 5.75 Å². The highest BCUT2D eigenvalue weighted by Crippen LogP contribution is 2.20. The minimum absolute atomic E-state index is 0.133. The van der Waals surface area contributed by atoms with Crippen molar-refractivity contribution in [3.8, 4) is 5.75 Å². The zero-order chi connectivity index (χ0) is 21.2. The van der Waals surface area contributed by atoms with Gasteiger partial charge in [-0.05, 0) is 54.1 Å². The summed E-state index contributed by atoms with van der Waals surface area (Å²) < 4.78 is 10.1. The van der Waals surface area contributed by atoms with E-state index in [2.05, 4.69) is 20.3 Å². The van der Waals surface area contributed by atoms with E-state index in [9.17, 15) is 9.59 Å². The van der Waals surface area contributed by atoms with Gasteiger partial charge in [-0.15, -0.1) is 0 Å². The second-order valence-corrected chi connectivity index (χ2v) is 6.32. The largest absolute Gasteiger partial charge is 0.484 e. The van der Waals surface area contributed by atoms with Crippen molar-refractivity contribution in [3.63, 3.8) is 0 Å². The molecular formula is C23H21N3O4. The summed E-state index contributed by atoms with van der Waals surface area (Å²) in [7, 11) is 1.35. The molecule has 0 aliphatic carbocycles. The predicted octanol–water partition coefficient (Wildman–Crippen LogP) is 4.84. The Morgan fingerprint density at radius 3 is 2.10 bits per heavy atom. The van der Waals surface area contributed by atoms with Crippen molar-refractivity contribution >= 4 is 28.9 Å². The number of ether oxygens (including phenoxy) is 2. The highest BCUT2D eigenvalue weighted by Gasteiger charge is 2.06. The minimum Gasteiger partial charge on any atom is -0.484 e. The maximum atomic E-state index is 12.1. The van der Waals surface area contributed by atoms with Crippen molar-refractivity contribution < 1.29 is 19.1 Å². The molecule has 3 rings (SSSR count). The molecule has 3 aromatic rings. The highest BCUT2D eigenvalue weighted by molar-refractivity contribution is 5.92. The molecule has 0 unspecified atom stereocenters. The molecule has 1 amide bonds. The third-order valence-corrected chi connectivity index (χ3v) is 4.06. The summed E-state index contributed by atoms with van der Waals surface area (Å²) in [4.78, 5) is 23.4. The van der Waals surface area contributed by atoms with Gasteiger partial charge in [0.15, 0.2) is 6.61 Å². The first-order valence-electron chi connectivity index (χ1n) is 9.27. The third kappa shape index (κ3) is 6.56. The molecule has 0 spiro atoms. The highest BCUT2D eigenvalue weighted by atomic mass is 16.5. The number of nitrogens with one attached hydrogen (secondary N) is 1. The number of hydrogen-bond acceptors (Lipinski definition) is 6. The van der Waals surface area contributed by atoms with E-state index in [0.717, 1.165) is 11.3 Å². The zero-order valence-electron chi connectivity index (χ0n) is 16.4. The summed E-state index contributed by atoms with van der Waals surface area (Å²) in [6, 6.07) is 23.4. The lowest BCUT2D eigenvalue weighted by Crippen LogP contribution is -2.20. The monoisotopic (exact) mass is 403 g/mol. The Bertz CT molecular complexity index is 1000. The molecule has 0 aliphatic heterocycles. The number of esters is 1. The molecule has 30 heavy (non-hydrogen) atoms. The van der Waals surface area contributed by atoms with Crippen LogP contribution in [0.2, 0.25) is 0 Å². The molecule has 0 radical (unpaired) electrons. The molecule has 0 saturated heterocycles. The Kier molecular flexibility index (Phi) is 7.27. The SMILES string of the molecule is COC(=O)Cc1ccc(OCC(=O)Nc2ccc(N=Nc3ccccc3)cc2)cc1. The van der Waals surface area contributed by atoms with Gasteiger partial charge in [0.05, 0.1) is 24.9 Å². The molecule has 0 aliphatic rings. The molecule has 0 saturated carbocycles. The molecule has 0 atom stereocenters. The van der Waals surface area contributed by atoms with Crippen molar-refractivity contribution in [2.45, 2.75) is 6.42 Å². The number of amides is 1. The lowest BCUT2D eigenvalue weighted by Gasteiger charge is -2.08. The van der Waals surface area contributed by atoms with Crippen molar-refractivity contribution in [2.75, 3.05) is 19.0 Å². The van der Waals surface area contributed by atoms with Crippen LogP contribution >= 0.6 is 0 Å². The Morgan fingerprint density at radius 2 is 1.47 bits per heavy atom. The Morgan fingerprint density at radius 1 is 0.833 bits per heavy atom. The standard InChI is InChI=1S/C23H21N3O4/c1-29-23(28)15-17-7-13-21(14-8-17)30-16-22(27)24-18-9-11-20(12-10-18)26-25-19-5-3-2-4-6-19/h2-14H,15-16H2,1H3,(H,24,27). The molecule has 0 fully saturated rings. The van der Waals surface area contributed by atoms with E-state index in [0.29, 0.717) is 17.1 Å². The number of rotatable bonds is 8. The number of carbonyl (C=O) groups excluding carboxylic acids is 2. The number of hydrogen-bond donors (Lipinski definition) is 1. The first-order valence-corrected chi connectivity index (χ1v) is 9.27. The number of azo groups is 1. The normalized spacial score (nSPS) is 10.6. The number of benzene rings is 3. The fourth-order valence-electron chi connectivity index (χ4n) is 2.51. The Hall–Kier alpha value is -4.00. The van der Waals surface area contributed by atoms with Gasteiger partial charge in [0, 0.05) is 5.69 Å². The number of anilines is 1. The van der Waals surface area contributed by atoms with E-state index < -0.39 is 0 Å². The summed E-state index contributed by atoms with van der Waals surface area (Å²) in [5, 5.41) is 11.1. The number of carbonyl (C=O) groups is 2. The van der Waals surface area contributed by atoms with E-state index in [1.807, 2.05) is 30.3 Å². The maximum Gasteiger partial charge on any atom is 0.309 e.